The van der Waals surface area contributed by atoms with Gasteiger partial charge in [-0.2, -0.15) is 5.26 Å². The first kappa shape index (κ1) is 12.2. The van der Waals surface area contributed by atoms with Crippen LogP contribution in [0.2, 0.25) is 5.02 Å². The number of unbranched alkanes of at least 4 members (excludes halogenated alkanes) is 2. The summed E-state index contributed by atoms with van der Waals surface area (Å²) in [6.45, 7) is 0. The monoisotopic (exact) mass is 241 g/mol. The van der Waals surface area contributed by atoms with Crippen LogP contribution in [0, 0.1) is 11.3 Å². The Hall–Kier alpha value is -0.850. The maximum Gasteiger partial charge on any atom is 0.0621 e. The number of nitrogens with zero attached hydrogens (tertiary/aromatic N) is 1. The lowest BCUT2D eigenvalue weighted by Gasteiger charge is -2.01. The topological polar surface area (TPSA) is 40.9 Å². The molecule has 0 spiro atoms. The molecule has 0 aliphatic rings. The fraction of sp³-hybridized carbons (Fsp3) is 0.364. The SMILES string of the molecule is N#CCCCCS(=O)c1cccc(Cl)c1. The number of benzene rings is 1. The Labute approximate surface area is 97.3 Å². The molecule has 0 bridgehead atoms. The Bertz CT molecular complexity index is 386. The van der Waals surface area contributed by atoms with E-state index in [2.05, 4.69) is 6.07 Å². The smallest absolute Gasteiger partial charge is 0.0621 e. The molecule has 0 aliphatic heterocycles. The molecule has 4 heteroatoms. The summed E-state index contributed by atoms with van der Waals surface area (Å²) in [7, 11) is -0.991. The molecular weight excluding hydrogens is 230 g/mol. The first-order valence-corrected chi connectivity index (χ1v) is 6.44. The van der Waals surface area contributed by atoms with Gasteiger partial charge in [-0.25, -0.2) is 0 Å². The molecule has 0 N–H and O–H groups in total. The molecule has 0 radical (unpaired) electrons. The Kier molecular flexibility index (Phi) is 5.38. The van der Waals surface area contributed by atoms with E-state index in [9.17, 15) is 4.21 Å². The second-order valence-electron chi connectivity index (χ2n) is 3.12. The van der Waals surface area contributed by atoms with Gasteiger partial charge >= 0.3 is 0 Å². The van der Waals surface area contributed by atoms with Crippen LogP contribution in [0.5, 0.6) is 0 Å². The van der Waals surface area contributed by atoms with Gasteiger partial charge in [0.2, 0.25) is 0 Å². The van der Waals surface area contributed by atoms with Crippen molar-refractivity contribution in [2.75, 3.05) is 5.75 Å². The van der Waals surface area contributed by atoms with Gasteiger partial charge in [0.15, 0.2) is 0 Å². The van der Waals surface area contributed by atoms with Crippen LogP contribution in [-0.2, 0) is 10.8 Å². The Morgan fingerprint density at radius 2 is 2.20 bits per heavy atom. The van der Waals surface area contributed by atoms with Crippen LogP contribution in [0.1, 0.15) is 19.3 Å². The summed E-state index contributed by atoms with van der Waals surface area (Å²) in [4.78, 5) is 0.763. The quantitative estimate of drug-likeness (QED) is 0.743. The number of hydrogen-bond acceptors (Lipinski definition) is 2. The van der Waals surface area contributed by atoms with Gasteiger partial charge in [-0.05, 0) is 31.0 Å². The first-order valence-electron chi connectivity index (χ1n) is 4.75. The largest absolute Gasteiger partial charge is 0.254 e. The minimum atomic E-state index is -0.991. The van der Waals surface area contributed by atoms with E-state index in [4.69, 9.17) is 16.9 Å². The van der Waals surface area contributed by atoms with Crippen LogP contribution < -0.4 is 0 Å². The molecule has 1 rings (SSSR count). The zero-order valence-electron chi connectivity index (χ0n) is 8.28. The molecule has 80 valence electrons. The van der Waals surface area contributed by atoms with Crippen molar-refractivity contribution in [1.29, 1.82) is 5.26 Å². The van der Waals surface area contributed by atoms with Crippen molar-refractivity contribution in [3.8, 4) is 6.07 Å². The number of rotatable bonds is 5. The standard InChI is InChI=1S/C11H12ClNOS/c12-10-5-4-6-11(9-10)15(14)8-3-1-2-7-13/h4-6,9H,1-3,8H2. The zero-order valence-corrected chi connectivity index (χ0v) is 9.85. The van der Waals surface area contributed by atoms with Crippen LogP contribution in [0.3, 0.4) is 0 Å². The minimum Gasteiger partial charge on any atom is -0.254 e. The van der Waals surface area contributed by atoms with Crippen molar-refractivity contribution in [3.05, 3.63) is 29.3 Å². The summed E-state index contributed by atoms with van der Waals surface area (Å²) in [5, 5.41) is 8.95. The zero-order chi connectivity index (χ0) is 11.1. The number of halogens is 1. The summed E-state index contributed by atoms with van der Waals surface area (Å²) in [5.74, 6) is 0.599. The van der Waals surface area contributed by atoms with Crippen LogP contribution in [0.4, 0.5) is 0 Å². The summed E-state index contributed by atoms with van der Waals surface area (Å²) < 4.78 is 11.7. The van der Waals surface area contributed by atoms with Crippen molar-refractivity contribution in [2.45, 2.75) is 24.2 Å². The summed E-state index contributed by atoms with van der Waals surface area (Å²) >= 11 is 5.80. The van der Waals surface area contributed by atoms with E-state index in [1.54, 1.807) is 18.2 Å². The van der Waals surface area contributed by atoms with Gasteiger partial charge in [0.1, 0.15) is 0 Å². The molecule has 15 heavy (non-hydrogen) atoms. The fourth-order valence-electron chi connectivity index (χ4n) is 1.16. The second-order valence-corrected chi connectivity index (χ2v) is 5.13. The van der Waals surface area contributed by atoms with Gasteiger partial charge in [-0.15, -0.1) is 0 Å². The van der Waals surface area contributed by atoms with Gasteiger partial charge in [0.25, 0.3) is 0 Å². The average molecular weight is 242 g/mol. The van der Waals surface area contributed by atoms with Crippen LogP contribution in [0.15, 0.2) is 29.2 Å². The first-order chi connectivity index (χ1) is 7.24. The van der Waals surface area contributed by atoms with Crippen LogP contribution in [-0.4, -0.2) is 9.96 Å². The molecule has 0 aliphatic carbocycles. The Morgan fingerprint density at radius 3 is 2.87 bits per heavy atom. The lowest BCUT2D eigenvalue weighted by atomic mass is 10.3. The van der Waals surface area contributed by atoms with Crippen molar-refractivity contribution < 1.29 is 4.21 Å². The maximum absolute atomic E-state index is 11.7. The van der Waals surface area contributed by atoms with Crippen molar-refractivity contribution in [1.82, 2.24) is 0 Å². The van der Waals surface area contributed by atoms with Crippen molar-refractivity contribution in [2.24, 2.45) is 0 Å². The molecule has 0 aromatic heterocycles. The molecule has 0 heterocycles. The van der Waals surface area contributed by atoms with Gasteiger partial charge in [0.05, 0.1) is 16.9 Å². The predicted molar refractivity (Wildman–Crippen MR) is 62.2 cm³/mol. The molecule has 2 nitrogen and oxygen atoms in total. The normalized spacial score (nSPS) is 12.0. The van der Waals surface area contributed by atoms with Crippen LogP contribution in [0.25, 0.3) is 0 Å². The highest BCUT2D eigenvalue weighted by Crippen LogP contribution is 2.15. The van der Waals surface area contributed by atoms with E-state index >= 15 is 0 Å². The van der Waals surface area contributed by atoms with E-state index in [0.29, 0.717) is 17.2 Å². The molecule has 0 fully saturated rings. The molecule has 1 unspecified atom stereocenters. The van der Waals surface area contributed by atoms with Crippen molar-refractivity contribution >= 4 is 22.4 Å². The van der Waals surface area contributed by atoms with E-state index in [0.717, 1.165) is 17.7 Å². The summed E-state index contributed by atoms with van der Waals surface area (Å²) in [6, 6.07) is 9.16. The maximum atomic E-state index is 11.7. The third-order valence-electron chi connectivity index (χ3n) is 1.93. The third-order valence-corrected chi connectivity index (χ3v) is 3.60. The highest BCUT2D eigenvalue weighted by atomic mass is 35.5. The van der Waals surface area contributed by atoms with E-state index in [-0.39, 0.29) is 0 Å². The van der Waals surface area contributed by atoms with E-state index < -0.39 is 10.8 Å². The lowest BCUT2D eigenvalue weighted by Crippen LogP contribution is -1.97. The summed E-state index contributed by atoms with van der Waals surface area (Å²) in [6.07, 6.45) is 2.15. The van der Waals surface area contributed by atoms with Gasteiger partial charge < -0.3 is 0 Å². The highest BCUT2D eigenvalue weighted by molar-refractivity contribution is 7.85. The Balaban J connectivity index is 2.44. The molecule has 1 aromatic carbocycles. The highest BCUT2D eigenvalue weighted by Gasteiger charge is 2.03. The summed E-state index contributed by atoms with van der Waals surface area (Å²) in [5.41, 5.74) is 0. The number of nitriles is 1. The molecule has 0 saturated heterocycles. The molecule has 1 atom stereocenters. The molecule has 0 saturated carbocycles. The third kappa shape index (κ3) is 4.46. The lowest BCUT2D eigenvalue weighted by molar-refractivity contribution is 0.678. The van der Waals surface area contributed by atoms with E-state index in [1.807, 2.05) is 6.07 Å². The second kappa shape index (κ2) is 6.60. The minimum absolute atomic E-state index is 0.534. The predicted octanol–water partition coefficient (Wildman–Crippen LogP) is 3.14. The van der Waals surface area contributed by atoms with Gasteiger partial charge in [-0.3, -0.25) is 4.21 Å². The molecule has 1 aromatic rings. The van der Waals surface area contributed by atoms with Crippen molar-refractivity contribution in [3.63, 3.8) is 0 Å². The molecular formula is C11H12ClNOS. The van der Waals surface area contributed by atoms with E-state index in [1.165, 1.54) is 0 Å². The average Bonchev–Trinajstić information content (AvgIpc) is 2.24. The molecule has 0 amide bonds. The fourth-order valence-corrected chi connectivity index (χ4v) is 2.61. The van der Waals surface area contributed by atoms with Gasteiger partial charge in [-0.1, -0.05) is 17.7 Å². The van der Waals surface area contributed by atoms with Gasteiger partial charge in [0, 0.05) is 22.1 Å². The Morgan fingerprint density at radius 1 is 1.40 bits per heavy atom. The van der Waals surface area contributed by atoms with Crippen LogP contribution >= 0.6 is 11.6 Å². The number of hydrogen-bond donors (Lipinski definition) is 0.